The van der Waals surface area contributed by atoms with E-state index in [9.17, 15) is 18.0 Å². The number of carbonyl (C=O) groups is 1. The van der Waals surface area contributed by atoms with Crippen molar-refractivity contribution in [3.05, 3.63) is 66.0 Å². The molecule has 0 unspecified atom stereocenters. The standard InChI is InChI=1S/C28H30F3N7O/c29-28(30,31)14-27(39)37-9-7-36(8-10-37)16-20-5-6-32-23(11-20)13-26-34-24-4-3-21(12-25(24)35-26)22-15-33-38(18-22)17-19-1-2-19/h3-6,11-12,15,18-19H,1-2,7-10,13-14,16-17H2,(H,34,35). The maximum Gasteiger partial charge on any atom is 0.397 e. The number of pyridine rings is 1. The number of alkyl halides is 3. The lowest BCUT2D eigenvalue weighted by Gasteiger charge is -2.35. The summed E-state index contributed by atoms with van der Waals surface area (Å²) >= 11 is 0. The van der Waals surface area contributed by atoms with Crippen LogP contribution < -0.4 is 0 Å². The molecule has 4 heterocycles. The number of rotatable bonds is 8. The molecule has 0 radical (unpaired) electrons. The van der Waals surface area contributed by atoms with Gasteiger partial charge in [0.1, 0.15) is 12.2 Å². The van der Waals surface area contributed by atoms with E-state index in [4.69, 9.17) is 4.98 Å². The Bertz CT molecular complexity index is 1470. The van der Waals surface area contributed by atoms with Crippen LogP contribution in [-0.2, 0) is 24.3 Å². The van der Waals surface area contributed by atoms with Crippen LogP contribution in [0.2, 0.25) is 0 Å². The van der Waals surface area contributed by atoms with Gasteiger partial charge in [-0.3, -0.25) is 19.4 Å². The van der Waals surface area contributed by atoms with Gasteiger partial charge in [0.15, 0.2) is 0 Å². The van der Waals surface area contributed by atoms with Gasteiger partial charge >= 0.3 is 6.18 Å². The third-order valence-electron chi connectivity index (χ3n) is 7.35. The van der Waals surface area contributed by atoms with Crippen LogP contribution in [0.25, 0.3) is 22.2 Å². The molecule has 0 atom stereocenters. The van der Waals surface area contributed by atoms with Gasteiger partial charge in [0.05, 0.1) is 17.2 Å². The highest BCUT2D eigenvalue weighted by atomic mass is 19.4. The lowest BCUT2D eigenvalue weighted by molar-refractivity contribution is -0.162. The zero-order chi connectivity index (χ0) is 27.0. The second-order valence-corrected chi connectivity index (χ2v) is 10.6. The molecule has 204 valence electrons. The van der Waals surface area contributed by atoms with E-state index in [-0.39, 0.29) is 0 Å². The zero-order valence-corrected chi connectivity index (χ0v) is 21.5. The first-order valence-electron chi connectivity index (χ1n) is 13.3. The maximum atomic E-state index is 12.5. The number of imidazole rings is 1. The Labute approximate surface area is 223 Å². The first kappa shape index (κ1) is 25.5. The van der Waals surface area contributed by atoms with E-state index in [0.29, 0.717) is 39.1 Å². The van der Waals surface area contributed by atoms with E-state index in [0.717, 1.165) is 51.7 Å². The number of halogens is 3. The molecule has 6 rings (SSSR count). The van der Waals surface area contributed by atoms with Crippen molar-refractivity contribution < 1.29 is 18.0 Å². The summed E-state index contributed by atoms with van der Waals surface area (Å²) in [6.45, 7) is 3.30. The smallest absolute Gasteiger partial charge is 0.342 e. The fraction of sp³-hybridized carbons (Fsp3) is 0.429. The van der Waals surface area contributed by atoms with Crippen LogP contribution in [0.4, 0.5) is 13.2 Å². The van der Waals surface area contributed by atoms with Gasteiger partial charge < -0.3 is 9.88 Å². The number of amides is 1. The Morgan fingerprint density at radius 1 is 1.05 bits per heavy atom. The van der Waals surface area contributed by atoms with Crippen LogP contribution in [0, 0.1) is 5.92 Å². The Hall–Kier alpha value is -3.73. The molecule has 2 fully saturated rings. The molecular weight excluding hydrogens is 507 g/mol. The van der Waals surface area contributed by atoms with Crippen molar-refractivity contribution in [1.82, 2.24) is 34.5 Å². The fourth-order valence-corrected chi connectivity index (χ4v) is 5.09. The molecule has 1 saturated carbocycles. The van der Waals surface area contributed by atoms with E-state index in [1.807, 2.05) is 29.1 Å². The average molecular weight is 538 g/mol. The number of fused-ring (bicyclic) bond motifs is 1. The SMILES string of the molecule is O=C(CC(F)(F)F)N1CCN(Cc2ccnc(Cc3nc4ccc(-c5cnn(CC6CC6)c5)cc4[nH]3)c2)CC1. The van der Waals surface area contributed by atoms with Gasteiger partial charge in [-0.2, -0.15) is 18.3 Å². The van der Waals surface area contributed by atoms with E-state index in [2.05, 4.69) is 38.3 Å². The van der Waals surface area contributed by atoms with Crippen molar-refractivity contribution in [3.8, 4) is 11.1 Å². The number of nitrogens with zero attached hydrogens (tertiary/aromatic N) is 6. The highest BCUT2D eigenvalue weighted by molar-refractivity contribution is 5.81. The third kappa shape index (κ3) is 6.47. The van der Waals surface area contributed by atoms with Gasteiger partial charge in [-0.25, -0.2) is 4.98 Å². The molecule has 1 saturated heterocycles. The van der Waals surface area contributed by atoms with Crippen LogP contribution in [0.3, 0.4) is 0 Å². The number of hydrogen-bond donors (Lipinski definition) is 1. The molecule has 2 aliphatic rings. The highest BCUT2D eigenvalue weighted by Crippen LogP contribution is 2.31. The highest BCUT2D eigenvalue weighted by Gasteiger charge is 2.34. The normalized spacial score (nSPS) is 16.7. The molecule has 0 spiro atoms. The Morgan fingerprint density at radius 2 is 1.87 bits per heavy atom. The second kappa shape index (κ2) is 10.4. The van der Waals surface area contributed by atoms with Crippen molar-refractivity contribution in [3.63, 3.8) is 0 Å². The number of aromatic amines is 1. The summed E-state index contributed by atoms with van der Waals surface area (Å²) in [5, 5.41) is 4.51. The summed E-state index contributed by atoms with van der Waals surface area (Å²) < 4.78 is 39.6. The molecule has 1 N–H and O–H groups in total. The van der Waals surface area contributed by atoms with E-state index < -0.39 is 18.5 Å². The molecule has 11 heteroatoms. The molecule has 1 aliphatic heterocycles. The van der Waals surface area contributed by atoms with E-state index >= 15 is 0 Å². The predicted octanol–water partition coefficient (Wildman–Crippen LogP) is 4.42. The van der Waals surface area contributed by atoms with Gasteiger partial charge in [-0.1, -0.05) is 6.07 Å². The number of aromatic nitrogens is 5. The topological polar surface area (TPSA) is 82.9 Å². The number of nitrogens with one attached hydrogen (secondary N) is 1. The Balaban J connectivity index is 1.07. The largest absolute Gasteiger partial charge is 0.397 e. The van der Waals surface area contributed by atoms with Gasteiger partial charge in [-0.05, 0) is 54.2 Å². The van der Waals surface area contributed by atoms with Crippen LogP contribution >= 0.6 is 0 Å². The summed E-state index contributed by atoms with van der Waals surface area (Å²) in [6.07, 6.45) is 3.07. The lowest BCUT2D eigenvalue weighted by atomic mass is 10.1. The lowest BCUT2D eigenvalue weighted by Crippen LogP contribution is -2.49. The second-order valence-electron chi connectivity index (χ2n) is 10.6. The van der Waals surface area contributed by atoms with Crippen molar-refractivity contribution >= 4 is 16.9 Å². The van der Waals surface area contributed by atoms with Crippen molar-refractivity contribution in [2.75, 3.05) is 26.2 Å². The monoisotopic (exact) mass is 537 g/mol. The molecule has 1 aromatic carbocycles. The Morgan fingerprint density at radius 3 is 2.64 bits per heavy atom. The molecule has 39 heavy (non-hydrogen) atoms. The van der Waals surface area contributed by atoms with Crippen molar-refractivity contribution in [1.29, 1.82) is 0 Å². The quantitative estimate of drug-likeness (QED) is 0.360. The van der Waals surface area contributed by atoms with Crippen LogP contribution in [-0.4, -0.2) is 72.8 Å². The van der Waals surface area contributed by atoms with E-state index in [1.54, 1.807) is 6.20 Å². The molecule has 1 aliphatic carbocycles. The molecule has 0 bridgehead atoms. The predicted molar refractivity (Wildman–Crippen MR) is 140 cm³/mol. The molecule has 1 amide bonds. The van der Waals surface area contributed by atoms with Crippen molar-refractivity contribution in [2.24, 2.45) is 5.92 Å². The minimum absolute atomic E-state index is 0.301. The minimum Gasteiger partial charge on any atom is -0.342 e. The molecular formula is C28H30F3N7O. The molecule has 8 nitrogen and oxygen atoms in total. The van der Waals surface area contributed by atoms with Gasteiger partial charge in [0, 0.05) is 69.3 Å². The van der Waals surface area contributed by atoms with Crippen LogP contribution in [0.1, 0.15) is 36.3 Å². The summed E-state index contributed by atoms with van der Waals surface area (Å²) in [4.78, 5) is 28.0. The third-order valence-corrected chi connectivity index (χ3v) is 7.35. The number of hydrogen-bond acceptors (Lipinski definition) is 5. The summed E-state index contributed by atoms with van der Waals surface area (Å²) in [5.41, 5.74) is 6.00. The average Bonchev–Trinajstić information content (AvgIpc) is 3.42. The zero-order valence-electron chi connectivity index (χ0n) is 21.5. The Kier molecular flexibility index (Phi) is 6.84. The first-order chi connectivity index (χ1) is 18.8. The van der Waals surface area contributed by atoms with Crippen LogP contribution in [0.15, 0.2) is 48.9 Å². The summed E-state index contributed by atoms with van der Waals surface area (Å²) in [5.74, 6) is 0.748. The minimum atomic E-state index is -4.47. The molecule has 3 aromatic heterocycles. The van der Waals surface area contributed by atoms with E-state index in [1.165, 1.54) is 17.7 Å². The fourth-order valence-electron chi connectivity index (χ4n) is 5.09. The number of carbonyl (C=O) groups excluding carboxylic acids is 1. The number of benzene rings is 1. The van der Waals surface area contributed by atoms with Crippen molar-refractivity contribution in [2.45, 2.75) is 44.9 Å². The number of H-pyrrole nitrogens is 1. The summed E-state index contributed by atoms with van der Waals surface area (Å²) in [6, 6.07) is 10.2. The maximum absolute atomic E-state index is 12.5. The van der Waals surface area contributed by atoms with Gasteiger partial charge in [0.25, 0.3) is 0 Å². The molecule has 4 aromatic rings. The summed E-state index contributed by atoms with van der Waals surface area (Å²) in [7, 11) is 0. The van der Waals surface area contributed by atoms with Gasteiger partial charge in [0.2, 0.25) is 5.91 Å². The first-order valence-corrected chi connectivity index (χ1v) is 13.3. The van der Waals surface area contributed by atoms with Gasteiger partial charge in [-0.15, -0.1) is 0 Å². The van der Waals surface area contributed by atoms with Crippen LogP contribution in [0.5, 0.6) is 0 Å². The number of piperazine rings is 1.